The molecule has 0 heterocycles. The molecule has 3 N–H and O–H groups in total. The lowest BCUT2D eigenvalue weighted by molar-refractivity contribution is -0.139. The number of amides is 2. The third kappa shape index (κ3) is 5.62. The lowest BCUT2D eigenvalue weighted by Crippen LogP contribution is -2.47. The number of nitrogens with one attached hydrogen (secondary N) is 2. The first-order valence-electron chi connectivity index (χ1n) is 6.39. The lowest BCUT2D eigenvalue weighted by Gasteiger charge is -2.16. The van der Waals surface area contributed by atoms with Gasteiger partial charge >= 0.3 is 12.0 Å². The average molecular weight is 274 g/mol. The molecule has 1 aliphatic rings. The summed E-state index contributed by atoms with van der Waals surface area (Å²) < 4.78 is 0. The molecule has 0 aliphatic heterocycles. The number of aliphatic carboxylic acids is 1. The molecule has 6 heteroatoms. The van der Waals surface area contributed by atoms with E-state index in [1.165, 1.54) is 12.8 Å². The van der Waals surface area contributed by atoms with Crippen LogP contribution in [0.5, 0.6) is 0 Å². The number of hydrogen-bond acceptors (Lipinski definition) is 3. The molecule has 0 radical (unpaired) electrons. The molecule has 0 bridgehead atoms. The van der Waals surface area contributed by atoms with Gasteiger partial charge in [0.05, 0.1) is 0 Å². The molecular formula is C12H22N2O3S. The smallest absolute Gasteiger partial charge is 0.326 e. The highest BCUT2D eigenvalue weighted by atomic mass is 32.2. The van der Waals surface area contributed by atoms with Gasteiger partial charge in [0.25, 0.3) is 0 Å². The fourth-order valence-corrected chi connectivity index (χ4v) is 2.63. The summed E-state index contributed by atoms with van der Waals surface area (Å²) in [6.45, 7) is 0.653. The molecule has 0 unspecified atom stereocenters. The number of urea groups is 1. The molecule has 1 rings (SSSR count). The Labute approximate surface area is 112 Å². The minimum absolute atomic E-state index is 0.365. The molecule has 1 saturated carbocycles. The van der Waals surface area contributed by atoms with Crippen molar-refractivity contribution in [1.29, 1.82) is 0 Å². The van der Waals surface area contributed by atoms with E-state index in [1.807, 2.05) is 6.26 Å². The Morgan fingerprint density at radius 3 is 2.61 bits per heavy atom. The quantitative estimate of drug-likeness (QED) is 0.660. The predicted octanol–water partition coefficient (Wildman–Crippen LogP) is 1.68. The maximum absolute atomic E-state index is 11.6. The first-order chi connectivity index (χ1) is 8.63. The Bertz CT molecular complexity index is 280. The molecule has 0 saturated heterocycles. The van der Waals surface area contributed by atoms with Gasteiger partial charge in [0.1, 0.15) is 6.04 Å². The van der Waals surface area contributed by atoms with Gasteiger partial charge in [-0.2, -0.15) is 11.8 Å². The third-order valence-corrected chi connectivity index (χ3v) is 3.88. The molecule has 2 amide bonds. The zero-order valence-electron chi connectivity index (χ0n) is 10.8. The first kappa shape index (κ1) is 15.1. The van der Waals surface area contributed by atoms with Gasteiger partial charge in [-0.15, -0.1) is 0 Å². The molecule has 1 fully saturated rings. The van der Waals surface area contributed by atoms with Crippen molar-refractivity contribution in [2.45, 2.75) is 38.1 Å². The van der Waals surface area contributed by atoms with Crippen molar-refractivity contribution >= 4 is 23.8 Å². The van der Waals surface area contributed by atoms with Crippen molar-refractivity contribution < 1.29 is 14.7 Å². The van der Waals surface area contributed by atoms with Gasteiger partial charge in [0, 0.05) is 6.54 Å². The van der Waals surface area contributed by atoms with Crippen LogP contribution in [0.1, 0.15) is 32.1 Å². The van der Waals surface area contributed by atoms with Gasteiger partial charge in [-0.3, -0.25) is 0 Å². The molecule has 0 spiro atoms. The van der Waals surface area contributed by atoms with E-state index in [0.717, 1.165) is 18.6 Å². The first-order valence-corrected chi connectivity index (χ1v) is 7.79. The number of rotatable bonds is 7. The van der Waals surface area contributed by atoms with E-state index in [1.54, 1.807) is 11.8 Å². The van der Waals surface area contributed by atoms with Crippen molar-refractivity contribution in [3.05, 3.63) is 0 Å². The molecule has 0 aromatic heterocycles. The van der Waals surface area contributed by atoms with Crippen molar-refractivity contribution in [1.82, 2.24) is 10.6 Å². The zero-order valence-corrected chi connectivity index (χ0v) is 11.6. The number of carboxylic acids is 1. The predicted molar refractivity (Wildman–Crippen MR) is 72.9 cm³/mol. The Balaban J connectivity index is 2.24. The molecule has 1 atom stereocenters. The van der Waals surface area contributed by atoms with Gasteiger partial charge in [-0.25, -0.2) is 9.59 Å². The SMILES string of the molecule is CSCC[C@H](NC(=O)NCC1CCCC1)C(=O)O. The van der Waals surface area contributed by atoms with Crippen LogP contribution in [0.3, 0.4) is 0 Å². The van der Waals surface area contributed by atoms with Gasteiger partial charge in [0.2, 0.25) is 0 Å². The second kappa shape index (κ2) is 8.24. The Kier molecular flexibility index (Phi) is 6.93. The molecular weight excluding hydrogens is 252 g/mol. The molecule has 104 valence electrons. The van der Waals surface area contributed by atoms with Crippen LogP contribution in [-0.4, -0.2) is 41.7 Å². The highest BCUT2D eigenvalue weighted by Gasteiger charge is 2.20. The van der Waals surface area contributed by atoms with Crippen LogP contribution in [0, 0.1) is 5.92 Å². The van der Waals surface area contributed by atoms with Crippen molar-refractivity contribution in [3.8, 4) is 0 Å². The Hall–Kier alpha value is -0.910. The number of carboxylic acid groups (broad SMARTS) is 1. The second-order valence-electron chi connectivity index (χ2n) is 4.68. The third-order valence-electron chi connectivity index (χ3n) is 3.24. The summed E-state index contributed by atoms with van der Waals surface area (Å²) in [7, 11) is 0. The summed E-state index contributed by atoms with van der Waals surface area (Å²) in [4.78, 5) is 22.5. The van der Waals surface area contributed by atoms with Crippen LogP contribution < -0.4 is 10.6 Å². The van der Waals surface area contributed by atoms with E-state index in [4.69, 9.17) is 5.11 Å². The normalized spacial score (nSPS) is 17.4. The van der Waals surface area contributed by atoms with Crippen LogP contribution in [0.15, 0.2) is 0 Å². The maximum Gasteiger partial charge on any atom is 0.326 e. The van der Waals surface area contributed by atoms with Crippen molar-refractivity contribution in [3.63, 3.8) is 0 Å². The fourth-order valence-electron chi connectivity index (χ4n) is 2.15. The van der Waals surface area contributed by atoms with Gasteiger partial charge < -0.3 is 15.7 Å². The van der Waals surface area contributed by atoms with E-state index in [-0.39, 0.29) is 6.03 Å². The monoisotopic (exact) mass is 274 g/mol. The number of hydrogen-bond donors (Lipinski definition) is 3. The van der Waals surface area contributed by atoms with Gasteiger partial charge in [-0.1, -0.05) is 12.8 Å². The van der Waals surface area contributed by atoms with Crippen LogP contribution in [0.4, 0.5) is 4.79 Å². The molecule has 0 aromatic carbocycles. The summed E-state index contributed by atoms with van der Waals surface area (Å²) in [5.74, 6) is 0.310. The molecule has 5 nitrogen and oxygen atoms in total. The zero-order chi connectivity index (χ0) is 13.4. The highest BCUT2D eigenvalue weighted by molar-refractivity contribution is 7.98. The number of carbonyl (C=O) groups is 2. The largest absolute Gasteiger partial charge is 0.480 e. The molecule has 18 heavy (non-hydrogen) atoms. The number of carbonyl (C=O) groups excluding carboxylic acids is 1. The van der Waals surface area contributed by atoms with E-state index in [9.17, 15) is 9.59 Å². The summed E-state index contributed by atoms with van der Waals surface area (Å²) in [5.41, 5.74) is 0. The van der Waals surface area contributed by atoms with E-state index < -0.39 is 12.0 Å². The average Bonchev–Trinajstić information content (AvgIpc) is 2.84. The highest BCUT2D eigenvalue weighted by Crippen LogP contribution is 2.23. The van der Waals surface area contributed by atoms with Crippen LogP contribution in [-0.2, 0) is 4.79 Å². The lowest BCUT2D eigenvalue weighted by atomic mass is 10.1. The Morgan fingerprint density at radius 2 is 2.06 bits per heavy atom. The fraction of sp³-hybridized carbons (Fsp3) is 0.833. The Morgan fingerprint density at radius 1 is 1.39 bits per heavy atom. The van der Waals surface area contributed by atoms with E-state index >= 15 is 0 Å². The molecule has 1 aliphatic carbocycles. The minimum Gasteiger partial charge on any atom is -0.480 e. The number of thioether (sulfide) groups is 1. The minimum atomic E-state index is -0.972. The maximum atomic E-state index is 11.6. The van der Waals surface area contributed by atoms with Crippen molar-refractivity contribution in [2.24, 2.45) is 5.92 Å². The van der Waals surface area contributed by atoms with Crippen LogP contribution >= 0.6 is 11.8 Å². The van der Waals surface area contributed by atoms with E-state index in [0.29, 0.717) is 18.9 Å². The topological polar surface area (TPSA) is 78.4 Å². The van der Waals surface area contributed by atoms with Gasteiger partial charge in [-0.05, 0) is 37.2 Å². The standard InChI is InChI=1S/C12H22N2O3S/c1-18-7-6-10(11(15)16)14-12(17)13-8-9-4-2-3-5-9/h9-10H,2-8H2,1H3,(H,15,16)(H2,13,14,17)/t10-/m0/s1. The summed E-state index contributed by atoms with van der Waals surface area (Å²) in [6, 6.07) is -1.16. The summed E-state index contributed by atoms with van der Waals surface area (Å²) >= 11 is 1.57. The second-order valence-corrected chi connectivity index (χ2v) is 5.66. The van der Waals surface area contributed by atoms with Gasteiger partial charge in [0.15, 0.2) is 0 Å². The van der Waals surface area contributed by atoms with Crippen molar-refractivity contribution in [2.75, 3.05) is 18.6 Å². The van der Waals surface area contributed by atoms with Crippen LogP contribution in [0.25, 0.3) is 0 Å². The van der Waals surface area contributed by atoms with Crippen LogP contribution in [0.2, 0.25) is 0 Å². The summed E-state index contributed by atoms with van der Waals surface area (Å²) in [5, 5.41) is 14.3. The summed E-state index contributed by atoms with van der Waals surface area (Å²) in [6.07, 6.45) is 7.16. The van der Waals surface area contributed by atoms with E-state index in [2.05, 4.69) is 10.6 Å². The molecule has 0 aromatic rings.